The maximum atomic E-state index is 4.21. The minimum atomic E-state index is 0.0708. The topological polar surface area (TPSA) is 42.7 Å². The van der Waals surface area contributed by atoms with E-state index in [1.807, 2.05) is 48.3 Å². The molecule has 0 aliphatic heterocycles. The van der Waals surface area contributed by atoms with E-state index in [0.717, 1.165) is 15.9 Å². The third-order valence-corrected chi connectivity index (χ3v) is 4.79. The Kier molecular flexibility index (Phi) is 3.95. The molecule has 1 unspecified atom stereocenters. The van der Waals surface area contributed by atoms with Crippen LogP contribution in [0.3, 0.4) is 0 Å². The fourth-order valence-electron chi connectivity index (χ4n) is 2.13. The van der Waals surface area contributed by atoms with Gasteiger partial charge in [0.1, 0.15) is 0 Å². The fourth-order valence-corrected chi connectivity index (χ4v) is 3.69. The number of nitrogens with zero attached hydrogens (tertiary/aromatic N) is 3. The molecule has 102 valence electrons. The molecular formula is C14H13BrN4S. The Balaban J connectivity index is 2.04. The number of para-hydroxylation sites is 1. The Morgan fingerprint density at radius 1 is 1.30 bits per heavy atom. The Labute approximate surface area is 129 Å². The summed E-state index contributed by atoms with van der Waals surface area (Å²) in [5, 5.41) is 13.7. The van der Waals surface area contributed by atoms with Crippen LogP contribution in [0, 0.1) is 0 Å². The molecule has 0 aliphatic carbocycles. The van der Waals surface area contributed by atoms with Crippen molar-refractivity contribution < 1.29 is 0 Å². The van der Waals surface area contributed by atoms with Gasteiger partial charge in [-0.3, -0.25) is 0 Å². The minimum absolute atomic E-state index is 0.0708. The zero-order valence-electron chi connectivity index (χ0n) is 10.8. The summed E-state index contributed by atoms with van der Waals surface area (Å²) >= 11 is 5.21. The van der Waals surface area contributed by atoms with E-state index in [0.29, 0.717) is 0 Å². The molecule has 1 atom stereocenters. The standard InChI is InChI=1S/C14H13BrN4S/c1-16-14(13-7-10(15)9-20-13)12-8-17-18-19(12)11-5-3-2-4-6-11/h2-9,14,16H,1H3. The van der Waals surface area contributed by atoms with Crippen LogP contribution in [0.1, 0.15) is 16.6 Å². The first-order valence-electron chi connectivity index (χ1n) is 6.17. The van der Waals surface area contributed by atoms with Crippen LogP contribution >= 0.6 is 27.3 Å². The summed E-state index contributed by atoms with van der Waals surface area (Å²) in [5.74, 6) is 0. The van der Waals surface area contributed by atoms with Crippen LogP contribution in [0.15, 0.2) is 52.4 Å². The molecule has 3 rings (SSSR count). The van der Waals surface area contributed by atoms with Crippen molar-refractivity contribution in [2.75, 3.05) is 7.05 Å². The van der Waals surface area contributed by atoms with Crippen molar-refractivity contribution in [1.29, 1.82) is 0 Å². The molecule has 1 N–H and O–H groups in total. The maximum absolute atomic E-state index is 4.21. The number of hydrogen-bond donors (Lipinski definition) is 1. The number of thiophene rings is 1. The number of benzene rings is 1. The van der Waals surface area contributed by atoms with E-state index in [9.17, 15) is 0 Å². The molecule has 0 saturated carbocycles. The molecule has 0 fully saturated rings. The lowest BCUT2D eigenvalue weighted by Crippen LogP contribution is -2.20. The summed E-state index contributed by atoms with van der Waals surface area (Å²) in [6.07, 6.45) is 1.81. The molecule has 20 heavy (non-hydrogen) atoms. The molecule has 3 aromatic rings. The molecular weight excluding hydrogens is 336 g/mol. The molecule has 0 spiro atoms. The zero-order chi connectivity index (χ0) is 13.9. The normalized spacial score (nSPS) is 12.5. The number of rotatable bonds is 4. The summed E-state index contributed by atoms with van der Waals surface area (Å²) in [7, 11) is 1.95. The Hall–Kier alpha value is -1.50. The van der Waals surface area contributed by atoms with E-state index >= 15 is 0 Å². The van der Waals surface area contributed by atoms with Gasteiger partial charge in [0.05, 0.1) is 23.6 Å². The highest BCUT2D eigenvalue weighted by atomic mass is 79.9. The van der Waals surface area contributed by atoms with Gasteiger partial charge in [-0.15, -0.1) is 16.4 Å². The molecule has 4 nitrogen and oxygen atoms in total. The minimum Gasteiger partial charge on any atom is -0.307 e. The van der Waals surface area contributed by atoms with Crippen molar-refractivity contribution in [1.82, 2.24) is 20.3 Å². The first-order chi connectivity index (χ1) is 9.79. The van der Waals surface area contributed by atoms with Gasteiger partial charge in [0.15, 0.2) is 0 Å². The number of nitrogens with one attached hydrogen (secondary N) is 1. The second-order valence-electron chi connectivity index (χ2n) is 4.30. The van der Waals surface area contributed by atoms with Crippen molar-refractivity contribution in [3.8, 4) is 5.69 Å². The number of halogens is 1. The van der Waals surface area contributed by atoms with Gasteiger partial charge >= 0.3 is 0 Å². The SMILES string of the molecule is CNC(c1cc(Br)cs1)c1cnnn1-c1ccccc1. The molecule has 6 heteroatoms. The van der Waals surface area contributed by atoms with Crippen LogP contribution in [0.2, 0.25) is 0 Å². The third kappa shape index (κ3) is 2.54. The summed E-state index contributed by atoms with van der Waals surface area (Å²) in [4.78, 5) is 1.22. The lowest BCUT2D eigenvalue weighted by atomic mass is 10.2. The lowest BCUT2D eigenvalue weighted by Gasteiger charge is -2.15. The molecule has 2 aromatic heterocycles. The summed E-state index contributed by atoms with van der Waals surface area (Å²) in [6.45, 7) is 0. The predicted molar refractivity (Wildman–Crippen MR) is 84.3 cm³/mol. The smallest absolute Gasteiger partial charge is 0.0868 e. The van der Waals surface area contributed by atoms with Gasteiger partial charge < -0.3 is 5.32 Å². The van der Waals surface area contributed by atoms with E-state index in [-0.39, 0.29) is 6.04 Å². The zero-order valence-corrected chi connectivity index (χ0v) is 13.2. The van der Waals surface area contributed by atoms with Gasteiger partial charge in [-0.1, -0.05) is 23.4 Å². The average Bonchev–Trinajstić information content (AvgIpc) is 3.11. The second-order valence-corrected chi connectivity index (χ2v) is 6.15. The highest BCUT2D eigenvalue weighted by Gasteiger charge is 2.19. The van der Waals surface area contributed by atoms with Gasteiger partial charge in [0.25, 0.3) is 0 Å². The van der Waals surface area contributed by atoms with Crippen molar-refractivity contribution in [2.45, 2.75) is 6.04 Å². The van der Waals surface area contributed by atoms with Crippen LogP contribution in [0.4, 0.5) is 0 Å². The van der Waals surface area contributed by atoms with E-state index in [4.69, 9.17) is 0 Å². The van der Waals surface area contributed by atoms with Crippen LogP contribution in [-0.4, -0.2) is 22.0 Å². The van der Waals surface area contributed by atoms with Gasteiger partial charge in [-0.05, 0) is 41.2 Å². The molecule has 0 bridgehead atoms. The average molecular weight is 349 g/mol. The quantitative estimate of drug-likeness (QED) is 0.785. The van der Waals surface area contributed by atoms with Crippen molar-refractivity contribution in [2.24, 2.45) is 0 Å². The molecule has 0 radical (unpaired) electrons. The second kappa shape index (κ2) is 5.87. The summed E-state index contributed by atoms with van der Waals surface area (Å²) in [6, 6.07) is 12.2. The number of aromatic nitrogens is 3. The van der Waals surface area contributed by atoms with E-state index in [1.165, 1.54) is 4.88 Å². The van der Waals surface area contributed by atoms with Crippen molar-refractivity contribution in [3.63, 3.8) is 0 Å². The molecule has 0 saturated heterocycles. The predicted octanol–water partition coefficient (Wildman–Crippen LogP) is 3.40. The first kappa shape index (κ1) is 13.5. The molecule has 2 heterocycles. The number of hydrogen-bond acceptors (Lipinski definition) is 4. The Bertz CT molecular complexity index is 692. The van der Waals surface area contributed by atoms with Crippen molar-refractivity contribution in [3.05, 3.63) is 63.0 Å². The lowest BCUT2D eigenvalue weighted by molar-refractivity contribution is 0.642. The molecule has 1 aromatic carbocycles. The Morgan fingerprint density at radius 2 is 2.10 bits per heavy atom. The van der Waals surface area contributed by atoms with E-state index in [2.05, 4.69) is 43.0 Å². The van der Waals surface area contributed by atoms with Crippen LogP contribution in [-0.2, 0) is 0 Å². The van der Waals surface area contributed by atoms with E-state index < -0.39 is 0 Å². The summed E-state index contributed by atoms with van der Waals surface area (Å²) < 4.78 is 2.96. The van der Waals surface area contributed by atoms with Gasteiger partial charge in [0.2, 0.25) is 0 Å². The van der Waals surface area contributed by atoms with Gasteiger partial charge in [-0.2, -0.15) is 0 Å². The van der Waals surface area contributed by atoms with Crippen LogP contribution < -0.4 is 5.32 Å². The highest BCUT2D eigenvalue weighted by molar-refractivity contribution is 9.10. The molecule has 0 aliphatic rings. The van der Waals surface area contributed by atoms with Crippen molar-refractivity contribution >= 4 is 27.3 Å². The molecule has 0 amide bonds. The van der Waals surface area contributed by atoms with Gasteiger partial charge in [0, 0.05) is 14.7 Å². The third-order valence-electron chi connectivity index (χ3n) is 3.03. The fraction of sp³-hybridized carbons (Fsp3) is 0.143. The van der Waals surface area contributed by atoms with E-state index in [1.54, 1.807) is 11.3 Å². The largest absolute Gasteiger partial charge is 0.307 e. The Morgan fingerprint density at radius 3 is 2.75 bits per heavy atom. The first-order valence-corrected chi connectivity index (χ1v) is 7.84. The van der Waals surface area contributed by atoms with Crippen LogP contribution in [0.25, 0.3) is 5.69 Å². The maximum Gasteiger partial charge on any atom is 0.0868 e. The monoisotopic (exact) mass is 348 g/mol. The highest BCUT2D eigenvalue weighted by Crippen LogP contribution is 2.30. The summed E-state index contributed by atoms with van der Waals surface area (Å²) in [5.41, 5.74) is 2.03. The van der Waals surface area contributed by atoms with Crippen LogP contribution in [0.5, 0.6) is 0 Å². The van der Waals surface area contributed by atoms with Gasteiger partial charge in [-0.25, -0.2) is 4.68 Å².